The third-order valence-corrected chi connectivity index (χ3v) is 5.97. The second-order valence-electron chi connectivity index (χ2n) is 7.95. The van der Waals surface area contributed by atoms with E-state index < -0.39 is 0 Å². The number of guanidine groups is 1. The molecular weight excluding hydrogens is 355 g/mol. The molecule has 2 N–H and O–H groups in total. The molecular formula is C22H33FN4O. The van der Waals surface area contributed by atoms with Gasteiger partial charge < -0.3 is 15.5 Å². The zero-order valence-corrected chi connectivity index (χ0v) is 17.1. The van der Waals surface area contributed by atoms with Crippen molar-refractivity contribution in [1.29, 1.82) is 0 Å². The van der Waals surface area contributed by atoms with Crippen molar-refractivity contribution >= 4 is 11.9 Å². The van der Waals surface area contributed by atoms with E-state index in [0.717, 1.165) is 63.3 Å². The highest BCUT2D eigenvalue weighted by atomic mass is 19.1. The molecule has 1 aliphatic heterocycles. The molecule has 1 atom stereocenters. The minimum atomic E-state index is -0.181. The summed E-state index contributed by atoms with van der Waals surface area (Å²) in [5.41, 5.74) is 1.03. The molecule has 2 aliphatic rings. The molecule has 28 heavy (non-hydrogen) atoms. The van der Waals surface area contributed by atoms with E-state index in [-0.39, 0.29) is 17.1 Å². The number of nitrogens with one attached hydrogen (secondary N) is 2. The van der Waals surface area contributed by atoms with Crippen molar-refractivity contribution in [3.05, 3.63) is 35.6 Å². The van der Waals surface area contributed by atoms with Crippen LogP contribution < -0.4 is 10.6 Å². The summed E-state index contributed by atoms with van der Waals surface area (Å²) in [4.78, 5) is 18.8. The lowest BCUT2D eigenvalue weighted by atomic mass is 9.96. The quantitative estimate of drug-likeness (QED) is 0.505. The zero-order valence-electron chi connectivity index (χ0n) is 17.1. The Morgan fingerprint density at radius 1 is 1.32 bits per heavy atom. The van der Waals surface area contributed by atoms with E-state index in [0.29, 0.717) is 19.0 Å². The van der Waals surface area contributed by atoms with Gasteiger partial charge >= 0.3 is 0 Å². The summed E-state index contributed by atoms with van der Waals surface area (Å²) < 4.78 is 13.6. The van der Waals surface area contributed by atoms with Gasteiger partial charge in [0.05, 0.1) is 6.54 Å². The van der Waals surface area contributed by atoms with Gasteiger partial charge in [-0.2, -0.15) is 0 Å². The number of likely N-dealkylation sites (tertiary alicyclic amines) is 1. The van der Waals surface area contributed by atoms with Crippen LogP contribution in [0.4, 0.5) is 4.39 Å². The van der Waals surface area contributed by atoms with Crippen molar-refractivity contribution in [2.24, 2.45) is 4.99 Å². The van der Waals surface area contributed by atoms with E-state index in [9.17, 15) is 9.18 Å². The van der Waals surface area contributed by atoms with Gasteiger partial charge in [-0.1, -0.05) is 19.1 Å². The summed E-state index contributed by atoms with van der Waals surface area (Å²) in [6, 6.07) is 7.21. The van der Waals surface area contributed by atoms with Crippen LogP contribution in [-0.4, -0.2) is 49.0 Å². The number of carbonyl (C=O) groups is 1. The molecule has 1 heterocycles. The van der Waals surface area contributed by atoms with Crippen molar-refractivity contribution < 1.29 is 9.18 Å². The number of carbonyl (C=O) groups excluding carboxylic acids is 1. The number of aliphatic imine (C=N–C) groups is 1. The van der Waals surface area contributed by atoms with E-state index in [2.05, 4.69) is 24.5 Å². The third-order valence-electron chi connectivity index (χ3n) is 5.97. The number of hydrogen-bond acceptors (Lipinski definition) is 2. The van der Waals surface area contributed by atoms with Crippen molar-refractivity contribution in [2.75, 3.05) is 26.2 Å². The molecule has 6 heteroatoms. The topological polar surface area (TPSA) is 56.7 Å². The van der Waals surface area contributed by atoms with Crippen LogP contribution in [0.5, 0.6) is 0 Å². The van der Waals surface area contributed by atoms with E-state index in [1.807, 2.05) is 11.0 Å². The van der Waals surface area contributed by atoms with Crippen molar-refractivity contribution in [3.63, 3.8) is 0 Å². The maximum atomic E-state index is 13.6. The number of hydrogen-bond donors (Lipinski definition) is 2. The highest BCUT2D eigenvalue weighted by Gasteiger charge is 2.44. The molecule has 1 aliphatic carbocycles. The fourth-order valence-corrected chi connectivity index (χ4v) is 4.07. The Hall–Kier alpha value is -2.11. The number of rotatable bonds is 9. The summed E-state index contributed by atoms with van der Waals surface area (Å²) in [7, 11) is 0. The Morgan fingerprint density at radius 3 is 2.75 bits per heavy atom. The van der Waals surface area contributed by atoms with Crippen LogP contribution in [0.3, 0.4) is 0 Å². The molecule has 0 aromatic heterocycles. The first-order chi connectivity index (χ1) is 13.6. The monoisotopic (exact) mass is 388 g/mol. The molecule has 0 bridgehead atoms. The Morgan fingerprint density at radius 2 is 2.14 bits per heavy atom. The first-order valence-corrected chi connectivity index (χ1v) is 10.7. The van der Waals surface area contributed by atoms with E-state index in [4.69, 9.17) is 4.99 Å². The van der Waals surface area contributed by atoms with Gasteiger partial charge in [-0.05, 0) is 56.7 Å². The Balaban J connectivity index is 1.55. The highest BCUT2D eigenvalue weighted by molar-refractivity contribution is 5.80. The molecule has 3 rings (SSSR count). The molecule has 0 spiro atoms. The number of benzene rings is 1. The molecule has 1 saturated heterocycles. The van der Waals surface area contributed by atoms with Crippen LogP contribution in [0.25, 0.3) is 0 Å². The average molecular weight is 389 g/mol. The molecule has 154 valence electrons. The first-order valence-electron chi connectivity index (χ1n) is 10.7. The fraction of sp³-hybridized carbons (Fsp3) is 0.636. The van der Waals surface area contributed by atoms with Crippen LogP contribution in [-0.2, 0) is 10.2 Å². The fourth-order valence-electron chi connectivity index (χ4n) is 4.07. The van der Waals surface area contributed by atoms with Crippen LogP contribution in [0.1, 0.15) is 57.9 Å². The maximum absolute atomic E-state index is 13.6. The zero-order chi connectivity index (χ0) is 20.0. The summed E-state index contributed by atoms with van der Waals surface area (Å²) in [6.07, 6.45) is 5.67. The Bertz CT molecular complexity index is 702. The largest absolute Gasteiger partial charge is 0.357 e. The van der Waals surface area contributed by atoms with E-state index in [1.54, 1.807) is 12.1 Å². The molecule has 5 nitrogen and oxygen atoms in total. The first kappa shape index (κ1) is 20.6. The lowest BCUT2D eigenvalue weighted by Gasteiger charge is -2.27. The molecule has 1 saturated carbocycles. The standard InChI is InChI=1S/C22H33FN4O/c1-3-19(27-14-6-9-20(27)28)10-13-25-21(24-4-2)26-16-22(11-12-22)17-7-5-8-18(23)15-17/h5,7-8,15,19H,3-4,6,9-14,16H2,1-2H3,(H2,24,25,26). The summed E-state index contributed by atoms with van der Waals surface area (Å²) in [5.74, 6) is 0.908. The predicted molar refractivity (Wildman–Crippen MR) is 111 cm³/mol. The van der Waals surface area contributed by atoms with Gasteiger partial charge in [-0.25, -0.2) is 4.39 Å². The summed E-state index contributed by atoms with van der Waals surface area (Å²) in [5, 5.41) is 6.71. The van der Waals surface area contributed by atoms with Gasteiger partial charge in [0.2, 0.25) is 5.91 Å². The van der Waals surface area contributed by atoms with Gasteiger partial charge in [-0.15, -0.1) is 0 Å². The SMILES string of the molecule is CCNC(=NCC1(c2cccc(F)c2)CC1)NCCC(CC)N1CCCC1=O. The van der Waals surface area contributed by atoms with Gasteiger partial charge in [0.15, 0.2) is 5.96 Å². The number of halogens is 1. The van der Waals surface area contributed by atoms with Gasteiger partial charge in [0, 0.05) is 37.5 Å². The Kier molecular flexibility index (Phi) is 6.92. The van der Waals surface area contributed by atoms with Crippen LogP contribution in [0.2, 0.25) is 0 Å². The molecule has 0 radical (unpaired) electrons. The van der Waals surface area contributed by atoms with E-state index >= 15 is 0 Å². The second-order valence-corrected chi connectivity index (χ2v) is 7.95. The Labute approximate surface area is 167 Å². The number of nitrogens with zero attached hydrogens (tertiary/aromatic N) is 2. The van der Waals surface area contributed by atoms with Gasteiger partial charge in [-0.3, -0.25) is 9.79 Å². The normalized spacial score (nSPS) is 19.6. The molecule has 1 aromatic rings. The molecule has 1 aromatic carbocycles. The van der Waals surface area contributed by atoms with Crippen molar-refractivity contribution in [2.45, 2.75) is 63.8 Å². The van der Waals surface area contributed by atoms with Gasteiger partial charge in [0.1, 0.15) is 5.82 Å². The van der Waals surface area contributed by atoms with Crippen LogP contribution >= 0.6 is 0 Å². The molecule has 1 amide bonds. The van der Waals surface area contributed by atoms with Crippen molar-refractivity contribution in [3.8, 4) is 0 Å². The second kappa shape index (κ2) is 9.39. The third kappa shape index (κ3) is 5.03. The van der Waals surface area contributed by atoms with Crippen molar-refractivity contribution in [1.82, 2.24) is 15.5 Å². The van der Waals surface area contributed by atoms with Crippen LogP contribution in [0.15, 0.2) is 29.3 Å². The smallest absolute Gasteiger partial charge is 0.222 e. The predicted octanol–water partition coefficient (Wildman–Crippen LogP) is 3.20. The summed E-state index contributed by atoms with van der Waals surface area (Å²) in [6.45, 7) is 7.32. The molecule has 1 unspecified atom stereocenters. The average Bonchev–Trinajstić information content (AvgIpc) is 3.37. The summed E-state index contributed by atoms with van der Waals surface area (Å²) >= 11 is 0. The minimum absolute atomic E-state index is 0.0155. The lowest BCUT2D eigenvalue weighted by molar-refractivity contribution is -0.129. The van der Waals surface area contributed by atoms with E-state index in [1.165, 1.54) is 6.07 Å². The maximum Gasteiger partial charge on any atom is 0.222 e. The number of amides is 1. The molecule has 2 fully saturated rings. The van der Waals surface area contributed by atoms with Gasteiger partial charge in [0.25, 0.3) is 0 Å². The highest BCUT2D eigenvalue weighted by Crippen LogP contribution is 2.48. The van der Waals surface area contributed by atoms with Crippen LogP contribution in [0, 0.1) is 5.82 Å². The lowest BCUT2D eigenvalue weighted by Crippen LogP contribution is -2.42. The minimum Gasteiger partial charge on any atom is -0.357 e.